The van der Waals surface area contributed by atoms with Crippen LogP contribution >= 0.6 is 0 Å². The summed E-state index contributed by atoms with van der Waals surface area (Å²) < 4.78 is 0. The zero-order valence-corrected chi connectivity index (χ0v) is 7.79. The Balaban J connectivity index is 2.64. The lowest BCUT2D eigenvalue weighted by Crippen LogP contribution is -2.32. The molecule has 0 bridgehead atoms. The third kappa shape index (κ3) is 3.35. The van der Waals surface area contributed by atoms with Crippen LogP contribution in [0.5, 0.6) is 5.75 Å². The quantitative estimate of drug-likeness (QED) is 0.550. The zero-order chi connectivity index (χ0) is 11.3. The molecule has 3 N–H and O–H groups in total. The van der Waals surface area contributed by atoms with E-state index < -0.39 is 12.0 Å². The number of nitrogens with two attached hydrogens (primary N) is 1. The smallest absolute Gasteiger partial charge is 0.320 e. The average molecular weight is 210 g/mol. The van der Waals surface area contributed by atoms with Gasteiger partial charge >= 0.3 is 5.97 Å². The van der Waals surface area contributed by atoms with Crippen LogP contribution in [-0.2, 0) is 11.2 Å². The minimum absolute atomic E-state index is 0.226. The first-order chi connectivity index (χ1) is 7.13. The van der Waals surface area contributed by atoms with Crippen LogP contribution in [0.2, 0.25) is 0 Å². The second-order valence-corrected chi connectivity index (χ2v) is 2.96. The predicted molar refractivity (Wildman–Crippen MR) is 52.2 cm³/mol. The standard InChI is InChI=1S/C9H10N2O4/c10-8(9(12)13)5-6-1-3-7(4-2-6)15-11-14/h1-4,8H,5,10H2,(H,12,13)/t8-/m0/s1. The first-order valence-corrected chi connectivity index (χ1v) is 4.20. The summed E-state index contributed by atoms with van der Waals surface area (Å²) in [6, 6.07) is 5.37. The molecule has 6 heteroatoms. The van der Waals surface area contributed by atoms with Gasteiger partial charge in [0.15, 0.2) is 11.1 Å². The van der Waals surface area contributed by atoms with Crippen molar-refractivity contribution in [3.63, 3.8) is 0 Å². The predicted octanol–water partition coefficient (Wildman–Crippen LogP) is 0.701. The molecule has 0 fully saturated rings. The minimum Gasteiger partial charge on any atom is -0.480 e. The van der Waals surface area contributed by atoms with Crippen LogP contribution in [0.1, 0.15) is 5.56 Å². The summed E-state index contributed by atoms with van der Waals surface area (Å²) in [5.41, 5.74) is 6.10. The van der Waals surface area contributed by atoms with Gasteiger partial charge in [0, 0.05) is 0 Å². The van der Waals surface area contributed by atoms with Gasteiger partial charge < -0.3 is 15.7 Å². The normalized spacial score (nSPS) is 11.8. The summed E-state index contributed by atoms with van der Waals surface area (Å²) in [5.74, 6) is -0.748. The maximum absolute atomic E-state index is 10.5. The van der Waals surface area contributed by atoms with Crippen molar-refractivity contribution in [2.45, 2.75) is 12.5 Å². The number of rotatable bonds is 5. The minimum atomic E-state index is -1.05. The van der Waals surface area contributed by atoms with Gasteiger partial charge in [-0.15, -0.1) is 4.91 Å². The number of hydrogen-bond donors (Lipinski definition) is 2. The van der Waals surface area contributed by atoms with E-state index in [4.69, 9.17) is 10.8 Å². The zero-order valence-electron chi connectivity index (χ0n) is 7.79. The van der Waals surface area contributed by atoms with Gasteiger partial charge in [0.25, 0.3) is 0 Å². The molecular formula is C9H10N2O4. The van der Waals surface area contributed by atoms with Crippen LogP contribution < -0.4 is 10.6 Å². The number of carboxylic acid groups (broad SMARTS) is 1. The molecule has 0 unspecified atom stereocenters. The van der Waals surface area contributed by atoms with Crippen LogP contribution in [0, 0.1) is 4.91 Å². The van der Waals surface area contributed by atoms with Crippen molar-refractivity contribution in [3.8, 4) is 5.75 Å². The average Bonchev–Trinajstić information content (AvgIpc) is 2.21. The highest BCUT2D eigenvalue weighted by atomic mass is 16.7. The lowest BCUT2D eigenvalue weighted by molar-refractivity contribution is -0.138. The highest BCUT2D eigenvalue weighted by Gasteiger charge is 2.11. The summed E-state index contributed by atoms with van der Waals surface area (Å²) in [6.07, 6.45) is 0.226. The third-order valence-electron chi connectivity index (χ3n) is 1.84. The van der Waals surface area contributed by atoms with Crippen LogP contribution in [0.3, 0.4) is 0 Å². The third-order valence-corrected chi connectivity index (χ3v) is 1.84. The largest absolute Gasteiger partial charge is 0.480 e. The fourth-order valence-electron chi connectivity index (χ4n) is 1.07. The Bertz CT molecular complexity index is 350. The van der Waals surface area contributed by atoms with E-state index in [0.29, 0.717) is 5.75 Å². The summed E-state index contributed by atoms with van der Waals surface area (Å²) in [6.45, 7) is 0. The SMILES string of the molecule is N[C@@H](Cc1ccc(ON=O)cc1)C(=O)O. The van der Waals surface area contributed by atoms with Crippen LogP contribution in [0.25, 0.3) is 0 Å². The maximum atomic E-state index is 10.5. The van der Waals surface area contributed by atoms with Crippen molar-refractivity contribution in [3.05, 3.63) is 34.7 Å². The van der Waals surface area contributed by atoms with E-state index in [-0.39, 0.29) is 6.42 Å². The monoisotopic (exact) mass is 210 g/mol. The molecule has 6 nitrogen and oxygen atoms in total. The molecule has 1 aromatic carbocycles. The van der Waals surface area contributed by atoms with Crippen LogP contribution in [-0.4, -0.2) is 17.1 Å². The molecule has 0 aliphatic heterocycles. The molecule has 0 spiro atoms. The topological polar surface area (TPSA) is 102 Å². The van der Waals surface area contributed by atoms with Gasteiger partial charge in [-0.05, 0) is 24.1 Å². The molecule has 0 aliphatic rings. The number of aliphatic carboxylic acids is 1. The van der Waals surface area contributed by atoms with E-state index in [1.807, 2.05) is 0 Å². The molecule has 0 radical (unpaired) electrons. The summed E-state index contributed by atoms with van der Waals surface area (Å²) in [7, 11) is 0. The number of carbonyl (C=O) groups is 1. The molecule has 1 rings (SSSR count). The fourth-order valence-corrected chi connectivity index (χ4v) is 1.07. The molecule has 0 aromatic heterocycles. The Hall–Kier alpha value is -1.95. The van der Waals surface area contributed by atoms with Crippen LogP contribution in [0.15, 0.2) is 29.6 Å². The van der Waals surface area contributed by atoms with E-state index in [2.05, 4.69) is 10.2 Å². The molecule has 0 heterocycles. The van der Waals surface area contributed by atoms with Gasteiger partial charge in [-0.1, -0.05) is 12.1 Å². The molecule has 0 saturated carbocycles. The Kier molecular flexibility index (Phi) is 3.75. The van der Waals surface area contributed by atoms with E-state index >= 15 is 0 Å². The van der Waals surface area contributed by atoms with Crippen LogP contribution in [0.4, 0.5) is 0 Å². The number of nitrogens with zero attached hydrogens (tertiary/aromatic N) is 1. The van der Waals surface area contributed by atoms with Gasteiger partial charge in [0.05, 0.1) is 0 Å². The first kappa shape index (κ1) is 11.1. The van der Waals surface area contributed by atoms with Crippen molar-refractivity contribution in [2.24, 2.45) is 11.1 Å². The number of carboxylic acids is 1. The maximum Gasteiger partial charge on any atom is 0.320 e. The first-order valence-electron chi connectivity index (χ1n) is 4.20. The Morgan fingerprint density at radius 3 is 2.53 bits per heavy atom. The van der Waals surface area contributed by atoms with Crippen molar-refractivity contribution in [2.75, 3.05) is 0 Å². The van der Waals surface area contributed by atoms with Gasteiger partial charge in [-0.2, -0.15) is 0 Å². The number of benzene rings is 1. The highest BCUT2D eigenvalue weighted by Crippen LogP contribution is 2.13. The van der Waals surface area contributed by atoms with Crippen molar-refractivity contribution in [1.82, 2.24) is 0 Å². The van der Waals surface area contributed by atoms with E-state index in [9.17, 15) is 9.70 Å². The fraction of sp³-hybridized carbons (Fsp3) is 0.222. The molecule has 1 atom stereocenters. The molecule has 0 amide bonds. The van der Waals surface area contributed by atoms with Crippen molar-refractivity contribution in [1.29, 1.82) is 0 Å². The van der Waals surface area contributed by atoms with E-state index in [1.165, 1.54) is 12.1 Å². The second-order valence-electron chi connectivity index (χ2n) is 2.96. The molecule has 0 saturated heterocycles. The van der Waals surface area contributed by atoms with E-state index in [0.717, 1.165) is 5.56 Å². The molecule has 80 valence electrons. The highest BCUT2D eigenvalue weighted by molar-refractivity contribution is 5.73. The summed E-state index contributed by atoms with van der Waals surface area (Å²) >= 11 is 0. The molecular weight excluding hydrogens is 200 g/mol. The Morgan fingerprint density at radius 1 is 1.47 bits per heavy atom. The molecule has 1 aromatic rings. The van der Waals surface area contributed by atoms with Crippen molar-refractivity contribution >= 4 is 5.97 Å². The van der Waals surface area contributed by atoms with Gasteiger partial charge in [-0.3, -0.25) is 4.79 Å². The van der Waals surface area contributed by atoms with E-state index in [1.54, 1.807) is 12.1 Å². The molecule has 15 heavy (non-hydrogen) atoms. The molecule has 0 aliphatic carbocycles. The second kappa shape index (κ2) is 5.06. The Morgan fingerprint density at radius 2 is 2.07 bits per heavy atom. The summed E-state index contributed by atoms with van der Waals surface area (Å²) in [5, 5.41) is 10.8. The lowest BCUT2D eigenvalue weighted by atomic mass is 10.1. The van der Waals surface area contributed by atoms with Gasteiger partial charge in [0.1, 0.15) is 6.04 Å². The lowest BCUT2D eigenvalue weighted by Gasteiger charge is -2.06. The summed E-state index contributed by atoms with van der Waals surface area (Å²) in [4.78, 5) is 24.6. The van der Waals surface area contributed by atoms with Crippen molar-refractivity contribution < 1.29 is 14.7 Å². The number of hydrogen-bond acceptors (Lipinski definition) is 5. The van der Waals surface area contributed by atoms with Gasteiger partial charge in [0.2, 0.25) is 0 Å². The Labute approximate surface area is 85.6 Å². The van der Waals surface area contributed by atoms with Gasteiger partial charge in [-0.25, -0.2) is 0 Å².